The summed E-state index contributed by atoms with van der Waals surface area (Å²) in [6, 6.07) is 20.4. The number of pyridine rings is 1. The Labute approximate surface area is 278 Å². The molecule has 0 atom stereocenters. The first-order valence-corrected chi connectivity index (χ1v) is 15.5. The monoisotopic (exact) mass is 669 g/mol. The normalized spacial score (nSPS) is 13.2. The Morgan fingerprint density at radius 3 is 2.22 bits per heavy atom. The lowest BCUT2D eigenvalue weighted by Gasteiger charge is -2.18. The van der Waals surface area contributed by atoms with Crippen LogP contribution in [0.4, 0.5) is 13.2 Å². The van der Waals surface area contributed by atoms with E-state index >= 15 is 0 Å². The van der Waals surface area contributed by atoms with Crippen molar-refractivity contribution in [3.63, 3.8) is 0 Å². The van der Waals surface area contributed by atoms with Gasteiger partial charge in [-0.1, -0.05) is 24.3 Å². The Kier molecular flexibility index (Phi) is 9.41. The highest BCUT2D eigenvalue weighted by atomic mass is 19.3. The molecular formula is C37H30F3N3O6. The highest BCUT2D eigenvalue weighted by molar-refractivity contribution is 6.04. The van der Waals surface area contributed by atoms with Crippen LogP contribution in [0.3, 0.4) is 0 Å². The minimum atomic E-state index is -3.80. The summed E-state index contributed by atoms with van der Waals surface area (Å²) in [5.41, 5.74) is 2.66. The zero-order valence-electron chi connectivity index (χ0n) is 26.3. The SMILES string of the molecule is CN(Cc1ccc(F)c(C(=O)CCC(=O)c2ccc3[nH]ccc3c2)n1)Cc1ccccc1C(=O)CCC(=O)c1ccc2c(c1)OC(F)(F)O2. The first kappa shape index (κ1) is 33.3. The molecule has 0 saturated heterocycles. The van der Waals surface area contributed by atoms with Crippen molar-refractivity contribution in [2.45, 2.75) is 45.1 Å². The van der Waals surface area contributed by atoms with Crippen molar-refractivity contribution in [1.82, 2.24) is 14.9 Å². The zero-order chi connectivity index (χ0) is 34.7. The smallest absolute Gasteiger partial charge is 0.395 e. The molecule has 0 amide bonds. The van der Waals surface area contributed by atoms with Gasteiger partial charge in [-0.3, -0.25) is 24.1 Å². The standard InChI is InChI=1S/C37H30F3N3O6/c1-43(21-26-8-9-28(38)36(42-26)33(47)14-12-30(44)23-6-10-29-22(18-23)16-17-41-29)20-25-4-2-3-5-27(25)32(46)13-11-31(45)24-7-15-34-35(19-24)49-37(39,40)48-34/h2-10,15-19,41H,11-14,20-21H2,1H3. The minimum Gasteiger partial charge on any atom is -0.395 e. The summed E-state index contributed by atoms with van der Waals surface area (Å²) in [6.07, 6.45) is -2.58. The largest absolute Gasteiger partial charge is 0.586 e. The molecule has 3 heterocycles. The fourth-order valence-corrected chi connectivity index (χ4v) is 5.66. The predicted octanol–water partition coefficient (Wildman–Crippen LogP) is 7.35. The van der Waals surface area contributed by atoms with Gasteiger partial charge in [0.1, 0.15) is 5.69 Å². The van der Waals surface area contributed by atoms with E-state index < -0.39 is 23.7 Å². The predicted molar refractivity (Wildman–Crippen MR) is 173 cm³/mol. The third kappa shape index (κ3) is 7.76. The molecule has 1 aliphatic heterocycles. The number of alkyl halides is 2. The van der Waals surface area contributed by atoms with Gasteiger partial charge in [0.2, 0.25) is 0 Å². The van der Waals surface area contributed by atoms with Crippen LogP contribution in [0.1, 0.15) is 78.5 Å². The van der Waals surface area contributed by atoms with Crippen LogP contribution in [0.5, 0.6) is 11.5 Å². The number of carbonyl (C=O) groups is 4. The molecule has 1 N–H and O–H groups in total. The van der Waals surface area contributed by atoms with Crippen LogP contribution in [0.25, 0.3) is 10.9 Å². The number of fused-ring (bicyclic) bond motifs is 2. The second kappa shape index (κ2) is 13.9. The molecule has 0 saturated carbocycles. The van der Waals surface area contributed by atoms with Crippen LogP contribution in [-0.4, -0.2) is 51.3 Å². The van der Waals surface area contributed by atoms with Crippen LogP contribution in [0, 0.1) is 5.82 Å². The number of nitrogens with one attached hydrogen (secondary N) is 1. The Balaban J connectivity index is 1.04. The van der Waals surface area contributed by atoms with E-state index in [1.807, 2.05) is 11.0 Å². The van der Waals surface area contributed by atoms with Crippen LogP contribution < -0.4 is 9.47 Å². The van der Waals surface area contributed by atoms with Crippen molar-refractivity contribution in [2.75, 3.05) is 7.05 Å². The molecule has 5 aromatic rings. The second-order valence-electron chi connectivity index (χ2n) is 11.8. The number of aromatic amines is 1. The van der Waals surface area contributed by atoms with E-state index in [0.29, 0.717) is 28.9 Å². The van der Waals surface area contributed by atoms with E-state index in [-0.39, 0.29) is 66.6 Å². The van der Waals surface area contributed by atoms with Crippen molar-refractivity contribution < 1.29 is 41.8 Å². The van der Waals surface area contributed by atoms with E-state index in [1.165, 1.54) is 30.3 Å². The minimum absolute atomic E-state index is 0.0912. The van der Waals surface area contributed by atoms with Gasteiger partial charge in [-0.15, -0.1) is 8.78 Å². The Morgan fingerprint density at radius 1 is 0.755 bits per heavy atom. The van der Waals surface area contributed by atoms with Crippen molar-refractivity contribution in [3.05, 3.63) is 125 Å². The molecule has 1 aliphatic rings. The maximum atomic E-state index is 14.7. The fraction of sp³-hybridized carbons (Fsp3) is 0.216. The summed E-state index contributed by atoms with van der Waals surface area (Å²) in [5.74, 6) is -2.71. The highest BCUT2D eigenvalue weighted by Gasteiger charge is 2.43. The van der Waals surface area contributed by atoms with Crippen molar-refractivity contribution >= 4 is 34.0 Å². The molecule has 2 aromatic heterocycles. The van der Waals surface area contributed by atoms with E-state index in [0.717, 1.165) is 10.9 Å². The maximum Gasteiger partial charge on any atom is 0.586 e. The summed E-state index contributed by atoms with van der Waals surface area (Å²) in [4.78, 5) is 60.8. The molecule has 250 valence electrons. The van der Waals surface area contributed by atoms with Crippen LogP contribution in [0.2, 0.25) is 0 Å². The van der Waals surface area contributed by atoms with Crippen molar-refractivity contribution in [3.8, 4) is 11.5 Å². The number of H-pyrrole nitrogens is 1. The van der Waals surface area contributed by atoms with Crippen LogP contribution >= 0.6 is 0 Å². The first-order chi connectivity index (χ1) is 23.5. The fourth-order valence-electron chi connectivity index (χ4n) is 5.66. The third-order valence-corrected chi connectivity index (χ3v) is 8.11. The van der Waals surface area contributed by atoms with Gasteiger partial charge in [-0.25, -0.2) is 9.37 Å². The number of Topliss-reactive ketones (excluding diaryl/α,β-unsaturated/α-hetero) is 4. The van der Waals surface area contributed by atoms with Gasteiger partial charge >= 0.3 is 6.29 Å². The molecule has 6 rings (SSSR count). The molecule has 3 aromatic carbocycles. The second-order valence-corrected chi connectivity index (χ2v) is 11.8. The van der Waals surface area contributed by atoms with Crippen LogP contribution in [-0.2, 0) is 13.1 Å². The lowest BCUT2D eigenvalue weighted by atomic mass is 9.97. The topological polar surface area (TPSA) is 119 Å². The number of hydrogen-bond acceptors (Lipinski definition) is 8. The summed E-state index contributed by atoms with van der Waals surface area (Å²) < 4.78 is 50.1. The summed E-state index contributed by atoms with van der Waals surface area (Å²) >= 11 is 0. The van der Waals surface area contributed by atoms with E-state index in [2.05, 4.69) is 19.4 Å². The molecule has 9 nitrogen and oxygen atoms in total. The molecule has 0 spiro atoms. The average Bonchev–Trinajstić information content (AvgIpc) is 3.68. The number of ether oxygens (including phenoxy) is 2. The number of nitrogens with zero attached hydrogens (tertiary/aromatic N) is 2. The van der Waals surface area contributed by atoms with E-state index in [9.17, 15) is 32.3 Å². The Hall–Kier alpha value is -5.62. The van der Waals surface area contributed by atoms with Gasteiger partial charge in [0.15, 0.2) is 40.4 Å². The van der Waals surface area contributed by atoms with Crippen molar-refractivity contribution in [2.24, 2.45) is 0 Å². The zero-order valence-corrected chi connectivity index (χ0v) is 26.3. The molecule has 0 radical (unpaired) electrons. The average molecular weight is 670 g/mol. The van der Waals surface area contributed by atoms with E-state index in [1.54, 1.807) is 55.7 Å². The summed E-state index contributed by atoms with van der Waals surface area (Å²) in [5, 5.41) is 0.875. The summed E-state index contributed by atoms with van der Waals surface area (Å²) in [6.45, 7) is 0.523. The number of carbonyl (C=O) groups excluding carboxylic acids is 4. The van der Waals surface area contributed by atoms with Gasteiger partial charge in [0.05, 0.1) is 5.69 Å². The lowest BCUT2D eigenvalue weighted by molar-refractivity contribution is -0.286. The molecule has 0 fully saturated rings. The number of ketones is 4. The molecule has 0 bridgehead atoms. The van der Waals surface area contributed by atoms with Gasteiger partial charge in [-0.05, 0) is 67.2 Å². The van der Waals surface area contributed by atoms with Crippen LogP contribution in [0.15, 0.2) is 85.1 Å². The summed E-state index contributed by atoms with van der Waals surface area (Å²) in [7, 11) is 1.78. The lowest BCUT2D eigenvalue weighted by Crippen LogP contribution is -2.25. The highest BCUT2D eigenvalue weighted by Crippen LogP contribution is 2.41. The Bertz CT molecular complexity index is 2090. The first-order valence-electron chi connectivity index (χ1n) is 15.5. The molecule has 12 heteroatoms. The number of aromatic nitrogens is 2. The van der Waals surface area contributed by atoms with Gasteiger partial charge in [-0.2, -0.15) is 0 Å². The van der Waals surface area contributed by atoms with Gasteiger partial charge < -0.3 is 14.5 Å². The van der Waals surface area contributed by atoms with E-state index in [4.69, 9.17) is 0 Å². The maximum absolute atomic E-state index is 14.7. The van der Waals surface area contributed by atoms with Crippen molar-refractivity contribution in [1.29, 1.82) is 0 Å². The number of halogens is 3. The van der Waals surface area contributed by atoms with Gasteiger partial charge in [0.25, 0.3) is 0 Å². The Morgan fingerprint density at radius 2 is 1.43 bits per heavy atom. The molecular weight excluding hydrogens is 639 g/mol. The molecule has 0 unspecified atom stereocenters. The third-order valence-electron chi connectivity index (χ3n) is 8.11. The molecule has 0 aliphatic carbocycles. The number of rotatable bonds is 14. The number of benzene rings is 3. The number of hydrogen-bond donors (Lipinski definition) is 1. The quantitative estimate of drug-likeness (QED) is 0.122. The van der Waals surface area contributed by atoms with Gasteiger partial charge in [0, 0.05) is 72.6 Å². The molecule has 49 heavy (non-hydrogen) atoms.